The molecule has 0 saturated heterocycles. The molecule has 18 heavy (non-hydrogen) atoms. The summed E-state index contributed by atoms with van der Waals surface area (Å²) in [7, 11) is 0. The summed E-state index contributed by atoms with van der Waals surface area (Å²) < 4.78 is 0. The van der Waals surface area contributed by atoms with Gasteiger partial charge in [0.25, 0.3) is 0 Å². The molecule has 0 spiro atoms. The molecule has 0 saturated carbocycles. The van der Waals surface area contributed by atoms with E-state index in [4.69, 9.17) is 5.73 Å². The van der Waals surface area contributed by atoms with Crippen LogP contribution in [-0.4, -0.2) is 9.97 Å². The average molecular weight is 236 g/mol. The fourth-order valence-corrected chi connectivity index (χ4v) is 1.87. The van der Waals surface area contributed by atoms with Gasteiger partial charge in [-0.05, 0) is 36.4 Å². The van der Waals surface area contributed by atoms with Crippen LogP contribution in [-0.2, 0) is 0 Å². The summed E-state index contributed by atoms with van der Waals surface area (Å²) in [5.74, 6) is 1.23. The molecule has 2 heterocycles. The fourth-order valence-electron chi connectivity index (χ4n) is 1.87. The zero-order valence-corrected chi connectivity index (χ0v) is 9.67. The van der Waals surface area contributed by atoms with Crippen molar-refractivity contribution in [2.24, 2.45) is 0 Å². The van der Waals surface area contributed by atoms with Crippen LogP contribution in [0.4, 0.5) is 17.3 Å². The zero-order valence-electron chi connectivity index (χ0n) is 9.67. The number of nitrogens with two attached hydrogens (primary N) is 1. The number of hydrogen-bond acceptors (Lipinski definition) is 4. The molecule has 4 heteroatoms. The molecule has 88 valence electrons. The van der Waals surface area contributed by atoms with Crippen LogP contribution in [0.1, 0.15) is 0 Å². The van der Waals surface area contributed by atoms with Crippen LogP contribution < -0.4 is 11.1 Å². The van der Waals surface area contributed by atoms with E-state index in [2.05, 4.69) is 15.3 Å². The van der Waals surface area contributed by atoms with Gasteiger partial charge < -0.3 is 11.1 Å². The average Bonchev–Trinajstić information content (AvgIpc) is 2.39. The predicted molar refractivity (Wildman–Crippen MR) is 73.7 cm³/mol. The number of anilines is 3. The van der Waals surface area contributed by atoms with E-state index in [0.717, 1.165) is 22.4 Å². The third-order valence-electron chi connectivity index (χ3n) is 2.68. The lowest BCUT2D eigenvalue weighted by Crippen LogP contribution is -1.97. The van der Waals surface area contributed by atoms with Gasteiger partial charge in [-0.15, -0.1) is 0 Å². The minimum Gasteiger partial charge on any atom is -0.384 e. The fraction of sp³-hybridized carbons (Fsp3) is 0. The Bertz CT molecular complexity index is 689. The summed E-state index contributed by atoms with van der Waals surface area (Å²) >= 11 is 0. The van der Waals surface area contributed by atoms with Crippen molar-refractivity contribution in [3.05, 3.63) is 54.7 Å². The van der Waals surface area contributed by atoms with Gasteiger partial charge in [0.2, 0.25) is 0 Å². The summed E-state index contributed by atoms with van der Waals surface area (Å²) in [6.07, 6.45) is 1.78. The lowest BCUT2D eigenvalue weighted by Gasteiger charge is -2.08. The second-order valence-electron chi connectivity index (χ2n) is 3.95. The lowest BCUT2D eigenvalue weighted by molar-refractivity contribution is 1.32. The largest absolute Gasteiger partial charge is 0.384 e. The highest BCUT2D eigenvalue weighted by Crippen LogP contribution is 2.24. The summed E-state index contributed by atoms with van der Waals surface area (Å²) in [5, 5.41) is 4.32. The maximum Gasteiger partial charge on any atom is 0.132 e. The van der Waals surface area contributed by atoms with Gasteiger partial charge in [0.05, 0.1) is 5.52 Å². The Morgan fingerprint density at radius 2 is 1.83 bits per heavy atom. The van der Waals surface area contributed by atoms with Crippen LogP contribution in [0.25, 0.3) is 10.9 Å². The molecule has 0 aliphatic carbocycles. The summed E-state index contributed by atoms with van der Waals surface area (Å²) in [6.45, 7) is 0. The van der Waals surface area contributed by atoms with Crippen molar-refractivity contribution in [2.45, 2.75) is 0 Å². The van der Waals surface area contributed by atoms with Crippen LogP contribution >= 0.6 is 0 Å². The maximum atomic E-state index is 5.66. The van der Waals surface area contributed by atoms with Gasteiger partial charge in [-0.1, -0.05) is 12.1 Å². The van der Waals surface area contributed by atoms with E-state index in [1.165, 1.54) is 0 Å². The van der Waals surface area contributed by atoms with Crippen LogP contribution in [0.5, 0.6) is 0 Å². The number of nitrogen functional groups attached to an aromatic ring is 1. The van der Waals surface area contributed by atoms with Gasteiger partial charge in [-0.3, -0.25) is 4.98 Å². The molecule has 1 aromatic carbocycles. The quantitative estimate of drug-likeness (QED) is 0.718. The van der Waals surface area contributed by atoms with Crippen LogP contribution in [0.2, 0.25) is 0 Å². The minimum absolute atomic E-state index is 0.498. The van der Waals surface area contributed by atoms with E-state index in [-0.39, 0.29) is 0 Å². The Morgan fingerprint density at radius 1 is 0.944 bits per heavy atom. The van der Waals surface area contributed by atoms with Crippen LogP contribution in [0.3, 0.4) is 0 Å². The second-order valence-corrected chi connectivity index (χ2v) is 3.95. The van der Waals surface area contributed by atoms with Gasteiger partial charge >= 0.3 is 0 Å². The molecule has 0 unspecified atom stereocenters. The predicted octanol–water partition coefficient (Wildman–Crippen LogP) is 2.96. The second kappa shape index (κ2) is 4.33. The highest BCUT2D eigenvalue weighted by Gasteiger charge is 2.02. The first-order valence-electron chi connectivity index (χ1n) is 5.66. The van der Waals surface area contributed by atoms with Gasteiger partial charge in [-0.25, -0.2) is 4.98 Å². The van der Waals surface area contributed by atoms with Gasteiger partial charge in [0, 0.05) is 17.3 Å². The van der Waals surface area contributed by atoms with Crippen LogP contribution in [0.15, 0.2) is 54.7 Å². The highest BCUT2D eigenvalue weighted by atomic mass is 15.0. The normalized spacial score (nSPS) is 10.4. The standard InChI is InChI=1S/C14H12N4/c15-13-7-2-8-14(18-13)17-12-6-1-5-11-10(12)4-3-9-16-11/h1-9H,(H3,15,17,18). The third kappa shape index (κ3) is 1.96. The molecule has 0 radical (unpaired) electrons. The highest BCUT2D eigenvalue weighted by molar-refractivity contribution is 5.92. The third-order valence-corrected chi connectivity index (χ3v) is 2.68. The van der Waals surface area contributed by atoms with E-state index in [9.17, 15) is 0 Å². The van der Waals surface area contributed by atoms with Gasteiger partial charge in [-0.2, -0.15) is 0 Å². The van der Waals surface area contributed by atoms with Crippen molar-refractivity contribution in [3.63, 3.8) is 0 Å². The summed E-state index contributed by atoms with van der Waals surface area (Å²) in [5.41, 5.74) is 7.58. The molecule has 0 fully saturated rings. The molecule has 0 atom stereocenters. The maximum absolute atomic E-state index is 5.66. The summed E-state index contributed by atoms with van der Waals surface area (Å²) in [4.78, 5) is 8.54. The molecule has 3 aromatic rings. The number of rotatable bonds is 2. The minimum atomic E-state index is 0.498. The molecule has 2 aromatic heterocycles. The number of hydrogen-bond donors (Lipinski definition) is 2. The SMILES string of the molecule is Nc1cccc(Nc2cccc3ncccc23)n1. The molecular formula is C14H12N4. The van der Waals surface area contributed by atoms with Crippen LogP contribution in [0, 0.1) is 0 Å². The zero-order chi connectivity index (χ0) is 12.4. The first-order chi connectivity index (χ1) is 8.83. The molecule has 0 amide bonds. The number of benzene rings is 1. The van der Waals surface area contributed by atoms with E-state index in [0.29, 0.717) is 5.82 Å². The van der Waals surface area contributed by atoms with Crippen molar-refractivity contribution in [1.82, 2.24) is 9.97 Å². The van der Waals surface area contributed by atoms with Crippen molar-refractivity contribution < 1.29 is 0 Å². The number of pyridine rings is 2. The van der Waals surface area contributed by atoms with E-state index < -0.39 is 0 Å². The number of aromatic nitrogens is 2. The van der Waals surface area contributed by atoms with E-state index >= 15 is 0 Å². The molecule has 3 rings (SSSR count). The van der Waals surface area contributed by atoms with Crippen molar-refractivity contribution >= 4 is 28.2 Å². The molecule has 0 aliphatic rings. The Balaban J connectivity index is 2.05. The van der Waals surface area contributed by atoms with Crippen molar-refractivity contribution in [1.29, 1.82) is 0 Å². The van der Waals surface area contributed by atoms with Crippen molar-refractivity contribution in [2.75, 3.05) is 11.1 Å². The molecule has 0 bridgehead atoms. The monoisotopic (exact) mass is 236 g/mol. The first kappa shape index (κ1) is 10.5. The lowest BCUT2D eigenvalue weighted by atomic mass is 10.2. The first-order valence-corrected chi connectivity index (χ1v) is 5.66. The number of nitrogens with one attached hydrogen (secondary N) is 1. The summed E-state index contributed by atoms with van der Waals surface area (Å²) in [6, 6.07) is 15.4. The number of fused-ring (bicyclic) bond motifs is 1. The molecule has 0 aliphatic heterocycles. The Morgan fingerprint density at radius 3 is 2.72 bits per heavy atom. The smallest absolute Gasteiger partial charge is 0.132 e. The van der Waals surface area contributed by atoms with Gasteiger partial charge in [0.1, 0.15) is 11.6 Å². The van der Waals surface area contributed by atoms with E-state index in [1.54, 1.807) is 12.3 Å². The van der Waals surface area contributed by atoms with Crippen molar-refractivity contribution in [3.8, 4) is 0 Å². The molecule has 3 N–H and O–H groups in total. The van der Waals surface area contributed by atoms with E-state index in [1.807, 2.05) is 42.5 Å². The number of nitrogens with zero attached hydrogens (tertiary/aromatic N) is 2. The van der Waals surface area contributed by atoms with Gasteiger partial charge in [0.15, 0.2) is 0 Å². The topological polar surface area (TPSA) is 63.8 Å². The molecule has 4 nitrogen and oxygen atoms in total. The Kier molecular flexibility index (Phi) is 2.53. The Hall–Kier alpha value is -2.62. The molecular weight excluding hydrogens is 224 g/mol. The Labute approximate surface area is 104 Å².